The van der Waals surface area contributed by atoms with Crippen LogP contribution in [0.2, 0.25) is 0 Å². The molecule has 0 bridgehead atoms. The van der Waals surface area contributed by atoms with Gasteiger partial charge in [0.05, 0.1) is 6.10 Å². The molecule has 2 N–H and O–H groups in total. The van der Waals surface area contributed by atoms with Crippen LogP contribution in [0.4, 0.5) is 0 Å². The van der Waals surface area contributed by atoms with Gasteiger partial charge in [-0.05, 0) is 12.5 Å². The highest BCUT2D eigenvalue weighted by molar-refractivity contribution is 7.89. The third kappa shape index (κ3) is 2.21. The van der Waals surface area contributed by atoms with Crippen molar-refractivity contribution in [3.05, 3.63) is 30.3 Å². The summed E-state index contributed by atoms with van der Waals surface area (Å²) in [6.07, 6.45) is -1.14. The van der Waals surface area contributed by atoms with Crippen molar-refractivity contribution in [1.29, 1.82) is 0 Å². The van der Waals surface area contributed by atoms with Crippen LogP contribution in [-0.4, -0.2) is 47.6 Å². The monoisotopic (exact) mass is 311 g/mol. The van der Waals surface area contributed by atoms with Crippen molar-refractivity contribution in [3.8, 4) is 0 Å². The number of fused-ring (bicyclic) bond motifs is 1. The van der Waals surface area contributed by atoms with Gasteiger partial charge in [0.25, 0.3) is 10.0 Å². The van der Waals surface area contributed by atoms with Crippen LogP contribution in [-0.2, 0) is 14.8 Å². The van der Waals surface area contributed by atoms with Gasteiger partial charge in [-0.25, -0.2) is 8.42 Å². The number of furan rings is 1. The Balaban J connectivity index is 2.05. The van der Waals surface area contributed by atoms with Gasteiger partial charge in [-0.3, -0.25) is 4.79 Å². The van der Waals surface area contributed by atoms with E-state index in [0.717, 1.165) is 4.31 Å². The van der Waals surface area contributed by atoms with E-state index < -0.39 is 28.1 Å². The number of aliphatic hydroxyl groups excluding tert-OH is 1. The second-order valence-electron chi connectivity index (χ2n) is 4.86. The van der Waals surface area contributed by atoms with Crippen LogP contribution < -0.4 is 0 Å². The lowest BCUT2D eigenvalue weighted by molar-refractivity contribution is -0.143. The first-order valence-electron chi connectivity index (χ1n) is 6.32. The fourth-order valence-corrected chi connectivity index (χ4v) is 4.08. The maximum atomic E-state index is 12.5. The largest absolute Gasteiger partial charge is 0.480 e. The van der Waals surface area contributed by atoms with Crippen molar-refractivity contribution in [2.24, 2.45) is 0 Å². The summed E-state index contributed by atoms with van der Waals surface area (Å²) in [4.78, 5) is 11.2. The lowest BCUT2D eigenvalue weighted by Gasteiger charge is -2.20. The van der Waals surface area contributed by atoms with E-state index in [0.29, 0.717) is 11.0 Å². The molecule has 2 heterocycles. The first kappa shape index (κ1) is 14.1. The normalized spacial score (nSPS) is 23.7. The molecule has 0 aliphatic carbocycles. The molecular formula is C13H13NO6S. The Bertz CT molecular complexity index is 763. The number of hydrogen-bond acceptors (Lipinski definition) is 5. The molecule has 2 aromatic rings. The zero-order valence-electron chi connectivity index (χ0n) is 10.8. The van der Waals surface area contributed by atoms with Gasteiger partial charge in [0.15, 0.2) is 0 Å². The number of aliphatic hydroxyl groups is 1. The van der Waals surface area contributed by atoms with Gasteiger partial charge < -0.3 is 14.6 Å². The van der Waals surface area contributed by atoms with Crippen LogP contribution in [0.5, 0.6) is 0 Å². The second-order valence-corrected chi connectivity index (χ2v) is 6.68. The van der Waals surface area contributed by atoms with E-state index in [4.69, 9.17) is 9.52 Å². The van der Waals surface area contributed by atoms with E-state index in [-0.39, 0.29) is 18.1 Å². The van der Waals surface area contributed by atoms with Gasteiger partial charge in [-0.1, -0.05) is 18.2 Å². The molecule has 1 fully saturated rings. The van der Waals surface area contributed by atoms with E-state index in [1.807, 2.05) is 0 Å². The average molecular weight is 311 g/mol. The number of nitrogens with zero attached hydrogens (tertiary/aromatic N) is 1. The van der Waals surface area contributed by atoms with Crippen molar-refractivity contribution in [2.45, 2.75) is 23.7 Å². The molecule has 21 heavy (non-hydrogen) atoms. The Hall–Kier alpha value is -1.90. The molecule has 8 heteroatoms. The Kier molecular flexibility index (Phi) is 3.23. The molecule has 112 valence electrons. The minimum atomic E-state index is -4.10. The van der Waals surface area contributed by atoms with Crippen LogP contribution in [0.25, 0.3) is 11.0 Å². The summed E-state index contributed by atoms with van der Waals surface area (Å²) in [7, 11) is -4.10. The summed E-state index contributed by atoms with van der Waals surface area (Å²) in [6, 6.07) is 6.65. The quantitative estimate of drug-likeness (QED) is 0.861. The van der Waals surface area contributed by atoms with Crippen molar-refractivity contribution in [3.63, 3.8) is 0 Å². The van der Waals surface area contributed by atoms with E-state index in [2.05, 4.69) is 0 Å². The van der Waals surface area contributed by atoms with Crippen LogP contribution >= 0.6 is 0 Å². The molecule has 3 rings (SSSR count). The highest BCUT2D eigenvalue weighted by atomic mass is 32.2. The van der Waals surface area contributed by atoms with Crippen molar-refractivity contribution in [2.75, 3.05) is 6.54 Å². The van der Waals surface area contributed by atoms with Crippen molar-refractivity contribution >= 4 is 27.0 Å². The van der Waals surface area contributed by atoms with E-state index >= 15 is 0 Å². The topological polar surface area (TPSA) is 108 Å². The maximum Gasteiger partial charge on any atom is 0.324 e. The third-order valence-corrected chi connectivity index (χ3v) is 5.28. The minimum absolute atomic E-state index is 0.0580. The number of para-hydroxylation sites is 1. The number of sulfonamides is 1. The minimum Gasteiger partial charge on any atom is -0.480 e. The van der Waals surface area contributed by atoms with Gasteiger partial charge in [0.1, 0.15) is 11.6 Å². The maximum absolute atomic E-state index is 12.5. The number of carboxylic acids is 1. The van der Waals surface area contributed by atoms with Crippen LogP contribution in [0.15, 0.2) is 39.8 Å². The number of benzene rings is 1. The number of aliphatic carboxylic acids is 1. The summed E-state index contributed by atoms with van der Waals surface area (Å²) < 4.78 is 31.1. The van der Waals surface area contributed by atoms with Gasteiger partial charge in [-0.2, -0.15) is 4.31 Å². The Morgan fingerprint density at radius 2 is 2.05 bits per heavy atom. The molecular weight excluding hydrogens is 298 g/mol. The molecule has 0 spiro atoms. The fraction of sp³-hybridized carbons (Fsp3) is 0.308. The van der Waals surface area contributed by atoms with Gasteiger partial charge in [0, 0.05) is 18.0 Å². The molecule has 0 radical (unpaired) electrons. The Morgan fingerprint density at radius 1 is 1.33 bits per heavy atom. The summed E-state index contributed by atoms with van der Waals surface area (Å²) in [6.45, 7) is -0.0580. The molecule has 0 saturated carbocycles. The van der Waals surface area contributed by atoms with Crippen molar-refractivity contribution in [1.82, 2.24) is 4.31 Å². The average Bonchev–Trinajstić information content (AvgIpc) is 3.02. The smallest absolute Gasteiger partial charge is 0.324 e. The van der Waals surface area contributed by atoms with Crippen LogP contribution in [0.3, 0.4) is 0 Å². The molecule has 1 aliphatic heterocycles. The summed E-state index contributed by atoms with van der Waals surface area (Å²) >= 11 is 0. The van der Waals surface area contributed by atoms with Crippen LogP contribution in [0, 0.1) is 0 Å². The fourth-order valence-electron chi connectivity index (χ4n) is 2.51. The van der Waals surface area contributed by atoms with Crippen molar-refractivity contribution < 1.29 is 27.8 Å². The SMILES string of the molecule is O=C(O)[C@@H]1[C@@H](O)CCN1S(=O)(=O)c1cc2ccccc2o1. The standard InChI is InChI=1S/C13H13NO6S/c15-9-5-6-14(12(9)13(16)17)21(18,19)11-7-8-3-1-2-4-10(8)20-11/h1-4,7,9,12,15H,5-6H2,(H,16,17)/t9-,12-/m0/s1. The number of carboxylic acid groups (broad SMARTS) is 1. The molecule has 1 aromatic heterocycles. The van der Waals surface area contributed by atoms with Gasteiger partial charge in [-0.15, -0.1) is 0 Å². The first-order valence-corrected chi connectivity index (χ1v) is 7.76. The first-order chi connectivity index (χ1) is 9.91. The number of hydrogen-bond donors (Lipinski definition) is 2. The van der Waals surface area contributed by atoms with Gasteiger partial charge >= 0.3 is 5.97 Å². The predicted molar refractivity (Wildman–Crippen MR) is 72.2 cm³/mol. The molecule has 1 aliphatic rings. The zero-order valence-corrected chi connectivity index (χ0v) is 11.7. The highest BCUT2D eigenvalue weighted by Crippen LogP contribution is 2.30. The van der Waals surface area contributed by atoms with E-state index in [1.165, 1.54) is 6.07 Å². The van der Waals surface area contributed by atoms with E-state index in [9.17, 15) is 18.3 Å². The highest BCUT2D eigenvalue weighted by Gasteiger charge is 2.46. The third-order valence-electron chi connectivity index (χ3n) is 3.54. The molecule has 0 unspecified atom stereocenters. The molecule has 1 aromatic carbocycles. The Labute approximate surface area is 120 Å². The number of rotatable bonds is 3. The summed E-state index contributed by atoms with van der Waals surface area (Å²) in [5, 5.41) is 19.1. The molecule has 7 nitrogen and oxygen atoms in total. The summed E-state index contributed by atoms with van der Waals surface area (Å²) in [5.74, 6) is -1.38. The predicted octanol–water partition coefficient (Wildman–Crippen LogP) is 0.641. The second kappa shape index (κ2) is 4.83. The molecule has 1 saturated heterocycles. The van der Waals surface area contributed by atoms with Crippen LogP contribution in [0.1, 0.15) is 6.42 Å². The van der Waals surface area contributed by atoms with E-state index in [1.54, 1.807) is 24.3 Å². The lowest BCUT2D eigenvalue weighted by Crippen LogP contribution is -2.44. The lowest BCUT2D eigenvalue weighted by atomic mass is 10.2. The molecule has 0 amide bonds. The molecule has 2 atom stereocenters. The number of carbonyl (C=O) groups is 1. The summed E-state index contributed by atoms with van der Waals surface area (Å²) in [5.41, 5.74) is 0.405. The zero-order chi connectivity index (χ0) is 15.2. The Morgan fingerprint density at radius 3 is 2.71 bits per heavy atom. The van der Waals surface area contributed by atoms with Gasteiger partial charge in [0.2, 0.25) is 5.09 Å².